The average molecular weight is 238 g/mol. The van der Waals surface area contributed by atoms with E-state index in [4.69, 9.17) is 4.74 Å². The van der Waals surface area contributed by atoms with Crippen molar-refractivity contribution in [2.24, 2.45) is 0 Å². The molecule has 0 aliphatic rings. The molecule has 0 amide bonds. The van der Waals surface area contributed by atoms with Gasteiger partial charge in [-0.15, -0.1) is 0 Å². The van der Waals surface area contributed by atoms with Crippen molar-refractivity contribution >= 4 is 5.97 Å². The lowest BCUT2D eigenvalue weighted by Crippen LogP contribution is -2.31. The standard InChI is InChI=1S/C13H18O4/c1-2-6-11(14)12(15)9-17-13(16)10-7-4-3-5-8-10/h3-5,7-8,11-12,14-15H,2,6,9H2,1H3/t11-,12-/m1/s1. The van der Waals surface area contributed by atoms with Gasteiger partial charge in [0.2, 0.25) is 0 Å². The largest absolute Gasteiger partial charge is 0.459 e. The molecule has 0 aromatic heterocycles. The Labute approximate surface area is 101 Å². The molecule has 0 unspecified atom stereocenters. The van der Waals surface area contributed by atoms with Gasteiger partial charge in [-0.3, -0.25) is 0 Å². The number of hydrogen-bond donors (Lipinski definition) is 2. The maximum atomic E-state index is 11.5. The van der Waals surface area contributed by atoms with E-state index in [1.807, 2.05) is 6.92 Å². The lowest BCUT2D eigenvalue weighted by atomic mass is 10.1. The summed E-state index contributed by atoms with van der Waals surface area (Å²) in [5.41, 5.74) is 0.435. The summed E-state index contributed by atoms with van der Waals surface area (Å²) in [6.07, 6.45) is -0.610. The predicted molar refractivity (Wildman–Crippen MR) is 63.6 cm³/mol. The van der Waals surface area contributed by atoms with Gasteiger partial charge in [0.1, 0.15) is 12.7 Å². The summed E-state index contributed by atoms with van der Waals surface area (Å²) in [5.74, 6) is -0.492. The van der Waals surface area contributed by atoms with Crippen molar-refractivity contribution in [3.05, 3.63) is 35.9 Å². The van der Waals surface area contributed by atoms with Crippen LogP contribution in [0.5, 0.6) is 0 Å². The third-order valence-electron chi connectivity index (χ3n) is 2.42. The first-order chi connectivity index (χ1) is 8.15. The van der Waals surface area contributed by atoms with Crippen LogP contribution in [0.1, 0.15) is 30.1 Å². The van der Waals surface area contributed by atoms with Crippen molar-refractivity contribution in [3.8, 4) is 0 Å². The molecule has 0 radical (unpaired) electrons. The molecule has 0 saturated heterocycles. The first kappa shape index (κ1) is 13.7. The number of carbonyl (C=O) groups is 1. The van der Waals surface area contributed by atoms with Crippen molar-refractivity contribution in [2.45, 2.75) is 32.0 Å². The highest BCUT2D eigenvalue weighted by Gasteiger charge is 2.17. The van der Waals surface area contributed by atoms with Gasteiger partial charge in [0.25, 0.3) is 0 Å². The van der Waals surface area contributed by atoms with Crippen molar-refractivity contribution < 1.29 is 19.7 Å². The number of hydrogen-bond acceptors (Lipinski definition) is 4. The maximum absolute atomic E-state index is 11.5. The molecule has 94 valence electrons. The molecule has 0 heterocycles. The van der Waals surface area contributed by atoms with Crippen LogP contribution in [0.3, 0.4) is 0 Å². The number of esters is 1. The Bertz CT molecular complexity index is 337. The Kier molecular flexibility index (Phi) is 5.66. The summed E-state index contributed by atoms with van der Waals surface area (Å²) in [5, 5.41) is 19.0. The highest BCUT2D eigenvalue weighted by atomic mass is 16.5. The SMILES string of the molecule is CCC[C@@H](O)[C@H](O)COC(=O)c1ccccc1. The van der Waals surface area contributed by atoms with Gasteiger partial charge < -0.3 is 14.9 Å². The Hall–Kier alpha value is -1.39. The normalized spacial score (nSPS) is 14.1. The van der Waals surface area contributed by atoms with Gasteiger partial charge in [0, 0.05) is 0 Å². The minimum atomic E-state index is -1.03. The first-order valence-electron chi connectivity index (χ1n) is 5.73. The Morgan fingerprint density at radius 3 is 2.47 bits per heavy atom. The highest BCUT2D eigenvalue weighted by Crippen LogP contribution is 2.05. The average Bonchev–Trinajstić information content (AvgIpc) is 2.36. The first-order valence-corrected chi connectivity index (χ1v) is 5.73. The van der Waals surface area contributed by atoms with Crippen LogP contribution in [-0.2, 0) is 4.74 Å². The van der Waals surface area contributed by atoms with Crippen LogP contribution in [0, 0.1) is 0 Å². The van der Waals surface area contributed by atoms with E-state index in [9.17, 15) is 15.0 Å². The van der Waals surface area contributed by atoms with E-state index in [0.29, 0.717) is 12.0 Å². The van der Waals surface area contributed by atoms with E-state index >= 15 is 0 Å². The second kappa shape index (κ2) is 7.04. The molecule has 1 rings (SSSR count). The molecule has 4 nitrogen and oxygen atoms in total. The van der Waals surface area contributed by atoms with Crippen LogP contribution in [-0.4, -0.2) is 35.0 Å². The number of rotatable bonds is 6. The van der Waals surface area contributed by atoms with Crippen LogP contribution >= 0.6 is 0 Å². The van der Waals surface area contributed by atoms with Gasteiger partial charge in [0.15, 0.2) is 0 Å². The van der Waals surface area contributed by atoms with E-state index in [-0.39, 0.29) is 6.61 Å². The predicted octanol–water partition coefficient (Wildman–Crippen LogP) is 1.37. The number of ether oxygens (including phenoxy) is 1. The second-order valence-electron chi connectivity index (χ2n) is 3.89. The fourth-order valence-corrected chi connectivity index (χ4v) is 1.42. The van der Waals surface area contributed by atoms with Gasteiger partial charge in [-0.05, 0) is 18.6 Å². The Balaban J connectivity index is 2.38. The molecule has 0 saturated carbocycles. The number of carbonyl (C=O) groups excluding carboxylic acids is 1. The zero-order valence-electron chi connectivity index (χ0n) is 9.87. The molecule has 2 N–H and O–H groups in total. The van der Waals surface area contributed by atoms with E-state index in [0.717, 1.165) is 6.42 Å². The summed E-state index contributed by atoms with van der Waals surface area (Å²) in [6, 6.07) is 8.54. The zero-order chi connectivity index (χ0) is 12.7. The molecule has 17 heavy (non-hydrogen) atoms. The number of aliphatic hydroxyl groups excluding tert-OH is 2. The van der Waals surface area contributed by atoms with Crippen molar-refractivity contribution in [1.82, 2.24) is 0 Å². The molecule has 2 atom stereocenters. The van der Waals surface area contributed by atoms with Gasteiger partial charge in [-0.25, -0.2) is 4.79 Å². The zero-order valence-corrected chi connectivity index (χ0v) is 9.87. The van der Waals surface area contributed by atoms with E-state index in [1.165, 1.54) is 0 Å². The molecule has 4 heteroatoms. The quantitative estimate of drug-likeness (QED) is 0.734. The number of benzene rings is 1. The fraction of sp³-hybridized carbons (Fsp3) is 0.462. The third-order valence-corrected chi connectivity index (χ3v) is 2.42. The lowest BCUT2D eigenvalue weighted by molar-refractivity contribution is -0.0300. The van der Waals surface area contributed by atoms with Crippen LogP contribution in [0.2, 0.25) is 0 Å². The second-order valence-corrected chi connectivity index (χ2v) is 3.89. The van der Waals surface area contributed by atoms with Crippen molar-refractivity contribution in [2.75, 3.05) is 6.61 Å². The highest BCUT2D eigenvalue weighted by molar-refractivity contribution is 5.89. The minimum absolute atomic E-state index is 0.186. The summed E-state index contributed by atoms with van der Waals surface area (Å²) < 4.78 is 4.91. The molecular formula is C13H18O4. The minimum Gasteiger partial charge on any atom is -0.459 e. The molecule has 0 bridgehead atoms. The summed E-state index contributed by atoms with van der Waals surface area (Å²) >= 11 is 0. The number of aliphatic hydroxyl groups is 2. The maximum Gasteiger partial charge on any atom is 0.338 e. The monoisotopic (exact) mass is 238 g/mol. The van der Waals surface area contributed by atoms with E-state index in [1.54, 1.807) is 30.3 Å². The van der Waals surface area contributed by atoms with Gasteiger partial charge in [-0.2, -0.15) is 0 Å². The summed E-state index contributed by atoms with van der Waals surface area (Å²) in [7, 11) is 0. The topological polar surface area (TPSA) is 66.8 Å². The van der Waals surface area contributed by atoms with Crippen molar-refractivity contribution in [1.29, 1.82) is 0 Å². The fourth-order valence-electron chi connectivity index (χ4n) is 1.42. The summed E-state index contributed by atoms with van der Waals surface area (Å²) in [6.45, 7) is 1.72. The van der Waals surface area contributed by atoms with Crippen LogP contribution in [0.4, 0.5) is 0 Å². The molecule has 0 fully saturated rings. The molecule has 0 spiro atoms. The smallest absolute Gasteiger partial charge is 0.338 e. The van der Waals surface area contributed by atoms with E-state index < -0.39 is 18.2 Å². The van der Waals surface area contributed by atoms with Gasteiger partial charge in [-0.1, -0.05) is 31.5 Å². The molecular weight excluding hydrogens is 220 g/mol. The Morgan fingerprint density at radius 1 is 1.24 bits per heavy atom. The molecule has 1 aromatic carbocycles. The third kappa shape index (κ3) is 4.54. The van der Waals surface area contributed by atoms with Crippen LogP contribution in [0.15, 0.2) is 30.3 Å². The van der Waals surface area contributed by atoms with E-state index in [2.05, 4.69) is 0 Å². The Morgan fingerprint density at radius 2 is 1.88 bits per heavy atom. The van der Waals surface area contributed by atoms with Crippen LogP contribution < -0.4 is 0 Å². The van der Waals surface area contributed by atoms with Gasteiger partial charge >= 0.3 is 5.97 Å². The van der Waals surface area contributed by atoms with Crippen LogP contribution in [0.25, 0.3) is 0 Å². The lowest BCUT2D eigenvalue weighted by Gasteiger charge is -2.16. The molecule has 0 aliphatic carbocycles. The van der Waals surface area contributed by atoms with Crippen molar-refractivity contribution in [3.63, 3.8) is 0 Å². The molecule has 1 aromatic rings. The summed E-state index contributed by atoms with van der Waals surface area (Å²) in [4.78, 5) is 11.5. The van der Waals surface area contributed by atoms with Gasteiger partial charge in [0.05, 0.1) is 11.7 Å². The molecule has 0 aliphatic heterocycles.